The molecular formula is C12H12O4. The third-order valence-corrected chi connectivity index (χ3v) is 2.84. The lowest BCUT2D eigenvalue weighted by molar-refractivity contribution is -0.145. The highest BCUT2D eigenvalue weighted by Crippen LogP contribution is 2.36. The first kappa shape index (κ1) is 10.7. The molecule has 0 unspecified atom stereocenters. The molecule has 4 nitrogen and oxygen atoms in total. The van der Waals surface area contributed by atoms with Crippen LogP contribution in [0.1, 0.15) is 12.7 Å². The minimum Gasteiger partial charge on any atom is -0.469 e. The molecule has 1 aliphatic rings. The fourth-order valence-corrected chi connectivity index (χ4v) is 1.93. The largest absolute Gasteiger partial charge is 0.469 e. The fourth-order valence-electron chi connectivity index (χ4n) is 1.93. The SMILES string of the molecule is COC(=O)[C@H]1C(c2ccco2)=CC(=O)[C@@H]1C. The monoisotopic (exact) mass is 220 g/mol. The second-order valence-electron chi connectivity index (χ2n) is 3.77. The topological polar surface area (TPSA) is 56.5 Å². The van der Waals surface area contributed by atoms with E-state index in [9.17, 15) is 9.59 Å². The molecule has 2 atom stereocenters. The van der Waals surface area contributed by atoms with Crippen molar-refractivity contribution in [3.8, 4) is 0 Å². The summed E-state index contributed by atoms with van der Waals surface area (Å²) in [5.74, 6) is -0.855. The number of methoxy groups -OCH3 is 1. The van der Waals surface area contributed by atoms with Crippen molar-refractivity contribution in [3.63, 3.8) is 0 Å². The van der Waals surface area contributed by atoms with Gasteiger partial charge < -0.3 is 9.15 Å². The summed E-state index contributed by atoms with van der Waals surface area (Å²) in [5.41, 5.74) is 0.606. The number of hydrogen-bond donors (Lipinski definition) is 0. The molecule has 0 fully saturated rings. The van der Waals surface area contributed by atoms with Crippen molar-refractivity contribution in [2.24, 2.45) is 11.8 Å². The van der Waals surface area contributed by atoms with Crippen LogP contribution in [0, 0.1) is 11.8 Å². The van der Waals surface area contributed by atoms with Gasteiger partial charge in [-0.3, -0.25) is 9.59 Å². The van der Waals surface area contributed by atoms with Gasteiger partial charge in [0.1, 0.15) is 5.76 Å². The Balaban J connectivity index is 2.39. The summed E-state index contributed by atoms with van der Waals surface area (Å²) in [4.78, 5) is 23.2. The number of rotatable bonds is 2. The van der Waals surface area contributed by atoms with Gasteiger partial charge in [0.15, 0.2) is 5.78 Å². The average Bonchev–Trinajstić information content (AvgIpc) is 2.87. The quantitative estimate of drug-likeness (QED) is 0.711. The van der Waals surface area contributed by atoms with Crippen molar-refractivity contribution in [1.29, 1.82) is 0 Å². The molecule has 0 aromatic carbocycles. The van der Waals surface area contributed by atoms with Gasteiger partial charge in [0.05, 0.1) is 19.3 Å². The van der Waals surface area contributed by atoms with Gasteiger partial charge in [-0.15, -0.1) is 0 Å². The number of ether oxygens (including phenoxy) is 1. The van der Waals surface area contributed by atoms with Crippen LogP contribution in [0.3, 0.4) is 0 Å². The maximum absolute atomic E-state index is 11.6. The Kier molecular flexibility index (Phi) is 2.64. The van der Waals surface area contributed by atoms with E-state index in [1.807, 2.05) is 0 Å². The highest BCUT2D eigenvalue weighted by atomic mass is 16.5. The molecule has 0 saturated carbocycles. The van der Waals surface area contributed by atoms with Crippen LogP contribution in [0.2, 0.25) is 0 Å². The Morgan fingerprint density at radius 2 is 2.25 bits per heavy atom. The van der Waals surface area contributed by atoms with Crippen LogP contribution in [-0.4, -0.2) is 18.9 Å². The zero-order chi connectivity index (χ0) is 11.7. The molecule has 0 radical (unpaired) electrons. The Morgan fingerprint density at radius 1 is 1.50 bits per heavy atom. The number of esters is 1. The van der Waals surface area contributed by atoms with Gasteiger partial charge in [0.25, 0.3) is 0 Å². The van der Waals surface area contributed by atoms with Crippen LogP contribution in [0.5, 0.6) is 0 Å². The molecule has 16 heavy (non-hydrogen) atoms. The molecule has 0 amide bonds. The summed E-state index contributed by atoms with van der Waals surface area (Å²) >= 11 is 0. The number of hydrogen-bond acceptors (Lipinski definition) is 4. The molecule has 1 aliphatic carbocycles. The van der Waals surface area contributed by atoms with E-state index in [-0.39, 0.29) is 11.7 Å². The van der Waals surface area contributed by atoms with Gasteiger partial charge in [0, 0.05) is 11.5 Å². The fraction of sp³-hybridized carbons (Fsp3) is 0.333. The molecule has 0 bridgehead atoms. The summed E-state index contributed by atoms with van der Waals surface area (Å²) in [6.45, 7) is 1.72. The first-order chi connectivity index (χ1) is 7.65. The molecule has 0 spiro atoms. The van der Waals surface area contributed by atoms with Gasteiger partial charge in [-0.25, -0.2) is 0 Å². The molecular weight excluding hydrogens is 208 g/mol. The van der Waals surface area contributed by atoms with E-state index < -0.39 is 11.9 Å². The summed E-state index contributed by atoms with van der Waals surface area (Å²) in [7, 11) is 1.32. The van der Waals surface area contributed by atoms with Crippen LogP contribution >= 0.6 is 0 Å². The Morgan fingerprint density at radius 3 is 2.81 bits per heavy atom. The molecule has 0 N–H and O–H groups in total. The molecule has 0 aliphatic heterocycles. The van der Waals surface area contributed by atoms with E-state index in [4.69, 9.17) is 9.15 Å². The molecule has 1 heterocycles. The predicted molar refractivity (Wildman–Crippen MR) is 56.4 cm³/mol. The van der Waals surface area contributed by atoms with E-state index in [0.717, 1.165) is 0 Å². The van der Waals surface area contributed by atoms with Crippen LogP contribution in [0.25, 0.3) is 5.57 Å². The Hall–Kier alpha value is -1.84. The summed E-state index contributed by atoms with van der Waals surface area (Å²) in [5, 5.41) is 0. The van der Waals surface area contributed by atoms with Crippen molar-refractivity contribution >= 4 is 17.3 Å². The lowest BCUT2D eigenvalue weighted by atomic mass is 9.91. The van der Waals surface area contributed by atoms with E-state index in [0.29, 0.717) is 11.3 Å². The van der Waals surface area contributed by atoms with Crippen LogP contribution in [0.4, 0.5) is 0 Å². The maximum Gasteiger partial charge on any atom is 0.314 e. The normalized spacial score (nSPS) is 24.4. The van der Waals surface area contributed by atoms with Gasteiger partial charge in [-0.05, 0) is 18.2 Å². The molecule has 1 aromatic heterocycles. The highest BCUT2D eigenvalue weighted by molar-refractivity contribution is 6.09. The van der Waals surface area contributed by atoms with Crippen molar-refractivity contribution in [2.45, 2.75) is 6.92 Å². The minimum absolute atomic E-state index is 0.0678. The summed E-state index contributed by atoms with van der Waals surface area (Å²) in [6.07, 6.45) is 2.98. The molecule has 1 aromatic rings. The first-order valence-corrected chi connectivity index (χ1v) is 5.02. The zero-order valence-corrected chi connectivity index (χ0v) is 9.10. The first-order valence-electron chi connectivity index (χ1n) is 5.02. The number of ketones is 1. The molecule has 84 valence electrons. The molecule has 2 rings (SSSR count). The van der Waals surface area contributed by atoms with Gasteiger partial charge in [-0.2, -0.15) is 0 Å². The van der Waals surface area contributed by atoms with Crippen molar-refractivity contribution < 1.29 is 18.7 Å². The third kappa shape index (κ3) is 1.56. The van der Waals surface area contributed by atoms with Crippen LogP contribution < -0.4 is 0 Å². The average molecular weight is 220 g/mol. The third-order valence-electron chi connectivity index (χ3n) is 2.84. The number of carbonyl (C=O) groups excluding carboxylic acids is 2. The lowest BCUT2D eigenvalue weighted by Gasteiger charge is -2.14. The molecule has 0 saturated heterocycles. The van der Waals surface area contributed by atoms with Crippen LogP contribution in [-0.2, 0) is 14.3 Å². The minimum atomic E-state index is -0.552. The van der Waals surface area contributed by atoms with E-state index in [2.05, 4.69) is 0 Å². The van der Waals surface area contributed by atoms with Crippen molar-refractivity contribution in [3.05, 3.63) is 30.2 Å². The lowest BCUT2D eigenvalue weighted by Crippen LogP contribution is -2.23. The van der Waals surface area contributed by atoms with Gasteiger partial charge in [0.2, 0.25) is 0 Å². The highest BCUT2D eigenvalue weighted by Gasteiger charge is 2.40. The van der Waals surface area contributed by atoms with Crippen molar-refractivity contribution in [2.75, 3.05) is 7.11 Å². The van der Waals surface area contributed by atoms with E-state index in [1.165, 1.54) is 19.4 Å². The van der Waals surface area contributed by atoms with Crippen LogP contribution in [0.15, 0.2) is 28.9 Å². The standard InChI is InChI=1S/C12H12O4/c1-7-9(13)6-8(10-4-3-5-16-10)11(7)12(14)15-2/h3-7,11H,1-2H3/t7-,11+/m0/s1. The van der Waals surface area contributed by atoms with Crippen molar-refractivity contribution in [1.82, 2.24) is 0 Å². The number of carbonyl (C=O) groups is 2. The predicted octanol–water partition coefficient (Wildman–Crippen LogP) is 1.67. The summed E-state index contributed by atoms with van der Waals surface area (Å²) < 4.78 is 9.92. The Labute approximate surface area is 92.9 Å². The number of allylic oxidation sites excluding steroid dienone is 1. The van der Waals surface area contributed by atoms with E-state index in [1.54, 1.807) is 19.1 Å². The second-order valence-corrected chi connectivity index (χ2v) is 3.77. The Bertz CT molecular complexity index is 442. The zero-order valence-electron chi connectivity index (χ0n) is 9.10. The van der Waals surface area contributed by atoms with Gasteiger partial charge in [-0.1, -0.05) is 6.92 Å². The maximum atomic E-state index is 11.6. The van der Waals surface area contributed by atoms with Gasteiger partial charge >= 0.3 is 5.97 Å². The smallest absolute Gasteiger partial charge is 0.314 e. The second kappa shape index (κ2) is 3.96. The van der Waals surface area contributed by atoms with E-state index >= 15 is 0 Å². The number of furan rings is 1. The molecule has 4 heteroatoms. The summed E-state index contributed by atoms with van der Waals surface area (Å²) in [6, 6.07) is 3.45.